The summed E-state index contributed by atoms with van der Waals surface area (Å²) in [5, 5.41) is 8.98. The summed E-state index contributed by atoms with van der Waals surface area (Å²) in [6.45, 7) is 2.42. The van der Waals surface area contributed by atoms with Crippen LogP contribution in [0, 0.1) is 6.92 Å². The molecule has 70 valence electrons. The smallest absolute Gasteiger partial charge is 0.0471 e. The highest BCUT2D eigenvalue weighted by Crippen LogP contribution is 2.27. The van der Waals surface area contributed by atoms with E-state index in [1.165, 1.54) is 41.5 Å². The number of aryl methyl sites for hydroxylation is 2. The fourth-order valence-electron chi connectivity index (χ4n) is 2.32. The monoisotopic (exact) mass is 176 g/mol. The minimum atomic E-state index is 0.275. The fourth-order valence-corrected chi connectivity index (χ4v) is 2.32. The first kappa shape index (κ1) is 8.76. The van der Waals surface area contributed by atoms with Crippen molar-refractivity contribution >= 4 is 0 Å². The van der Waals surface area contributed by atoms with E-state index < -0.39 is 0 Å². The average molecular weight is 176 g/mol. The van der Waals surface area contributed by atoms with Gasteiger partial charge in [-0.15, -0.1) is 0 Å². The Balaban J connectivity index is 2.45. The van der Waals surface area contributed by atoms with E-state index in [4.69, 9.17) is 5.11 Å². The number of hydrogen-bond acceptors (Lipinski definition) is 1. The summed E-state index contributed by atoms with van der Waals surface area (Å²) in [5.41, 5.74) is 5.77. The zero-order chi connectivity index (χ0) is 9.26. The third-order valence-electron chi connectivity index (χ3n) is 3.00. The Bertz CT molecular complexity index is 315. The first-order valence-electron chi connectivity index (χ1n) is 5.04. The van der Waals surface area contributed by atoms with Crippen LogP contribution in [-0.2, 0) is 19.3 Å². The Morgan fingerprint density at radius 3 is 2.92 bits per heavy atom. The zero-order valence-electron chi connectivity index (χ0n) is 8.14. The molecule has 1 aliphatic rings. The van der Waals surface area contributed by atoms with Crippen molar-refractivity contribution in [2.45, 2.75) is 32.6 Å². The Hall–Kier alpha value is -0.820. The predicted octanol–water partition coefficient (Wildman–Crippen LogP) is 2.02. The first-order chi connectivity index (χ1) is 6.33. The lowest BCUT2D eigenvalue weighted by atomic mass is 9.96. The third kappa shape index (κ3) is 1.49. The first-order valence-corrected chi connectivity index (χ1v) is 5.04. The maximum atomic E-state index is 8.98. The summed E-state index contributed by atoms with van der Waals surface area (Å²) in [6, 6.07) is 4.44. The third-order valence-corrected chi connectivity index (χ3v) is 3.00. The van der Waals surface area contributed by atoms with E-state index >= 15 is 0 Å². The van der Waals surface area contributed by atoms with Gasteiger partial charge in [-0.3, -0.25) is 0 Å². The van der Waals surface area contributed by atoms with Gasteiger partial charge in [0.25, 0.3) is 0 Å². The molecule has 0 radical (unpaired) electrons. The van der Waals surface area contributed by atoms with Crippen molar-refractivity contribution in [2.24, 2.45) is 0 Å². The second-order valence-electron chi connectivity index (χ2n) is 3.83. The molecular formula is C12H16O. The van der Waals surface area contributed by atoms with E-state index in [1.807, 2.05) is 0 Å². The highest BCUT2D eigenvalue weighted by Gasteiger charge is 2.15. The molecule has 0 aliphatic heterocycles. The minimum Gasteiger partial charge on any atom is -0.396 e. The molecule has 1 N–H and O–H groups in total. The Kier molecular flexibility index (Phi) is 2.36. The van der Waals surface area contributed by atoms with Gasteiger partial charge >= 0.3 is 0 Å². The van der Waals surface area contributed by atoms with E-state index in [0.717, 1.165) is 6.42 Å². The molecule has 0 unspecified atom stereocenters. The Labute approximate surface area is 79.4 Å². The minimum absolute atomic E-state index is 0.275. The molecule has 0 heterocycles. The van der Waals surface area contributed by atoms with Gasteiger partial charge in [-0.05, 0) is 54.9 Å². The maximum Gasteiger partial charge on any atom is 0.0471 e. The van der Waals surface area contributed by atoms with Gasteiger partial charge in [-0.25, -0.2) is 0 Å². The van der Waals surface area contributed by atoms with Gasteiger partial charge < -0.3 is 5.11 Å². The molecule has 1 nitrogen and oxygen atoms in total. The number of benzene rings is 1. The lowest BCUT2D eigenvalue weighted by Gasteiger charge is -2.10. The van der Waals surface area contributed by atoms with Crippen LogP contribution < -0.4 is 0 Å². The standard InChI is InChI=1S/C12H16O/c1-9-5-6-10-3-2-4-12(10)11(9)7-8-13/h5-6,13H,2-4,7-8H2,1H3. The molecule has 1 aromatic rings. The number of hydrogen-bond donors (Lipinski definition) is 1. The van der Waals surface area contributed by atoms with Crippen LogP contribution in [0.4, 0.5) is 0 Å². The maximum absolute atomic E-state index is 8.98. The van der Waals surface area contributed by atoms with Crippen molar-refractivity contribution < 1.29 is 5.11 Å². The molecule has 0 atom stereocenters. The number of aliphatic hydroxyl groups excluding tert-OH is 1. The lowest BCUT2D eigenvalue weighted by Crippen LogP contribution is -2.00. The second-order valence-corrected chi connectivity index (χ2v) is 3.83. The van der Waals surface area contributed by atoms with Crippen molar-refractivity contribution in [3.63, 3.8) is 0 Å². The number of rotatable bonds is 2. The molecule has 0 saturated carbocycles. The van der Waals surface area contributed by atoms with Gasteiger partial charge in [0.2, 0.25) is 0 Å². The lowest BCUT2D eigenvalue weighted by molar-refractivity contribution is 0.299. The SMILES string of the molecule is Cc1ccc2c(c1CCO)CCC2. The zero-order valence-corrected chi connectivity index (χ0v) is 8.14. The summed E-state index contributed by atoms with van der Waals surface area (Å²) >= 11 is 0. The highest BCUT2D eigenvalue weighted by atomic mass is 16.2. The average Bonchev–Trinajstić information content (AvgIpc) is 2.58. The van der Waals surface area contributed by atoms with Crippen LogP contribution in [0.1, 0.15) is 28.7 Å². The van der Waals surface area contributed by atoms with Crippen molar-refractivity contribution in [2.75, 3.05) is 6.61 Å². The quantitative estimate of drug-likeness (QED) is 0.731. The van der Waals surface area contributed by atoms with Crippen molar-refractivity contribution in [3.8, 4) is 0 Å². The molecule has 0 bridgehead atoms. The van der Waals surface area contributed by atoms with E-state index in [2.05, 4.69) is 19.1 Å². The molecule has 1 heteroatoms. The number of aliphatic hydroxyl groups is 1. The summed E-state index contributed by atoms with van der Waals surface area (Å²) in [7, 11) is 0. The van der Waals surface area contributed by atoms with Crippen LogP contribution in [0.5, 0.6) is 0 Å². The van der Waals surface area contributed by atoms with Crippen molar-refractivity contribution in [3.05, 3.63) is 34.4 Å². The second kappa shape index (κ2) is 3.51. The van der Waals surface area contributed by atoms with Crippen LogP contribution in [0.15, 0.2) is 12.1 Å². The molecule has 0 amide bonds. The van der Waals surface area contributed by atoms with E-state index in [1.54, 1.807) is 0 Å². The number of fused-ring (bicyclic) bond motifs is 1. The molecule has 0 saturated heterocycles. The predicted molar refractivity (Wildman–Crippen MR) is 54.0 cm³/mol. The Morgan fingerprint density at radius 2 is 2.15 bits per heavy atom. The Morgan fingerprint density at radius 1 is 1.31 bits per heavy atom. The summed E-state index contributed by atoms with van der Waals surface area (Å²) in [5.74, 6) is 0. The van der Waals surface area contributed by atoms with Gasteiger partial charge in [0.1, 0.15) is 0 Å². The summed E-state index contributed by atoms with van der Waals surface area (Å²) in [6.07, 6.45) is 4.56. The largest absolute Gasteiger partial charge is 0.396 e. The van der Waals surface area contributed by atoms with Gasteiger partial charge in [0, 0.05) is 6.61 Å². The van der Waals surface area contributed by atoms with Crippen LogP contribution in [0.3, 0.4) is 0 Å². The molecular weight excluding hydrogens is 160 g/mol. The normalized spacial score (nSPS) is 14.6. The topological polar surface area (TPSA) is 20.2 Å². The molecule has 0 fully saturated rings. The molecule has 2 rings (SSSR count). The van der Waals surface area contributed by atoms with E-state index in [9.17, 15) is 0 Å². The van der Waals surface area contributed by atoms with Crippen LogP contribution in [-0.4, -0.2) is 11.7 Å². The van der Waals surface area contributed by atoms with Gasteiger partial charge in [0.15, 0.2) is 0 Å². The van der Waals surface area contributed by atoms with Gasteiger partial charge in [-0.1, -0.05) is 12.1 Å². The molecule has 1 aromatic carbocycles. The fraction of sp³-hybridized carbons (Fsp3) is 0.500. The summed E-state index contributed by atoms with van der Waals surface area (Å²) < 4.78 is 0. The molecule has 0 spiro atoms. The molecule has 13 heavy (non-hydrogen) atoms. The van der Waals surface area contributed by atoms with Crippen molar-refractivity contribution in [1.29, 1.82) is 0 Å². The van der Waals surface area contributed by atoms with Crippen LogP contribution in [0.25, 0.3) is 0 Å². The van der Waals surface area contributed by atoms with Crippen LogP contribution in [0.2, 0.25) is 0 Å². The van der Waals surface area contributed by atoms with E-state index in [-0.39, 0.29) is 6.61 Å². The van der Waals surface area contributed by atoms with Crippen molar-refractivity contribution in [1.82, 2.24) is 0 Å². The van der Waals surface area contributed by atoms with Gasteiger partial charge in [-0.2, -0.15) is 0 Å². The highest BCUT2D eigenvalue weighted by molar-refractivity contribution is 5.43. The van der Waals surface area contributed by atoms with Gasteiger partial charge in [0.05, 0.1) is 0 Å². The molecule has 0 aromatic heterocycles. The van der Waals surface area contributed by atoms with E-state index in [0.29, 0.717) is 0 Å². The molecule has 1 aliphatic carbocycles. The van der Waals surface area contributed by atoms with Crippen LogP contribution >= 0.6 is 0 Å². The summed E-state index contributed by atoms with van der Waals surface area (Å²) in [4.78, 5) is 0.